The summed E-state index contributed by atoms with van der Waals surface area (Å²) in [6.07, 6.45) is -0.319. The second-order valence-corrected chi connectivity index (χ2v) is 5.69. The molecular formula is C13H21NO3S. The largest absolute Gasteiger partial charge is 0.449 e. The maximum absolute atomic E-state index is 11.6. The van der Waals surface area contributed by atoms with E-state index >= 15 is 0 Å². The summed E-state index contributed by atoms with van der Waals surface area (Å²) < 4.78 is 5.10. The average Bonchev–Trinajstić information content (AvgIpc) is 2.86. The third kappa shape index (κ3) is 5.06. The fourth-order valence-electron chi connectivity index (χ4n) is 1.38. The molecular weight excluding hydrogens is 250 g/mol. The third-order valence-electron chi connectivity index (χ3n) is 2.46. The molecule has 1 aromatic heterocycles. The van der Waals surface area contributed by atoms with Gasteiger partial charge < -0.3 is 14.7 Å². The van der Waals surface area contributed by atoms with E-state index in [0.717, 1.165) is 4.88 Å². The second kappa shape index (κ2) is 7.38. The number of carbonyl (C=O) groups is 1. The summed E-state index contributed by atoms with van der Waals surface area (Å²) in [5.74, 6) is 0.332. The van der Waals surface area contributed by atoms with Crippen LogP contribution >= 0.6 is 11.3 Å². The Kier molecular flexibility index (Phi) is 6.15. The molecule has 0 saturated carbocycles. The Morgan fingerprint density at radius 3 is 2.83 bits per heavy atom. The van der Waals surface area contributed by atoms with E-state index < -0.39 is 6.10 Å². The number of hydrogen-bond acceptors (Lipinski definition) is 4. The van der Waals surface area contributed by atoms with Crippen molar-refractivity contribution in [3.63, 3.8) is 0 Å². The normalized spacial score (nSPS) is 12.5. The lowest BCUT2D eigenvalue weighted by atomic mass is 10.2. The Bertz CT molecular complexity index is 351. The average molecular weight is 271 g/mol. The number of nitrogens with zero attached hydrogens (tertiary/aromatic N) is 1. The van der Waals surface area contributed by atoms with Gasteiger partial charge in [0.15, 0.2) is 0 Å². The summed E-state index contributed by atoms with van der Waals surface area (Å²) in [6.45, 7) is 4.90. The van der Waals surface area contributed by atoms with Gasteiger partial charge in [-0.05, 0) is 23.8 Å². The van der Waals surface area contributed by atoms with Gasteiger partial charge in [0, 0.05) is 18.5 Å². The van der Waals surface area contributed by atoms with Crippen LogP contribution in [0.25, 0.3) is 0 Å². The van der Waals surface area contributed by atoms with Gasteiger partial charge in [-0.25, -0.2) is 4.79 Å². The number of thiophene rings is 1. The molecule has 1 N–H and O–H groups in total. The van der Waals surface area contributed by atoms with Gasteiger partial charge in [-0.15, -0.1) is 11.3 Å². The SMILES string of the molecule is CC(C)COC(=O)N(C)CC[C@H](O)c1cccs1. The summed E-state index contributed by atoms with van der Waals surface area (Å²) in [6, 6.07) is 3.80. The number of amides is 1. The monoisotopic (exact) mass is 271 g/mol. The number of ether oxygens (including phenoxy) is 1. The predicted molar refractivity (Wildman–Crippen MR) is 72.7 cm³/mol. The molecule has 0 fully saturated rings. The molecule has 0 spiro atoms. The van der Waals surface area contributed by atoms with Gasteiger partial charge in [0.05, 0.1) is 12.7 Å². The molecule has 0 aliphatic carbocycles. The van der Waals surface area contributed by atoms with E-state index in [1.807, 2.05) is 31.4 Å². The molecule has 1 amide bonds. The highest BCUT2D eigenvalue weighted by atomic mass is 32.1. The molecule has 0 saturated heterocycles. The quantitative estimate of drug-likeness (QED) is 0.865. The fraction of sp³-hybridized carbons (Fsp3) is 0.615. The molecule has 0 unspecified atom stereocenters. The van der Waals surface area contributed by atoms with E-state index in [2.05, 4.69) is 0 Å². The molecule has 4 nitrogen and oxygen atoms in total. The summed E-state index contributed by atoms with van der Waals surface area (Å²) in [7, 11) is 1.68. The van der Waals surface area contributed by atoms with Crippen LogP contribution in [0.5, 0.6) is 0 Å². The van der Waals surface area contributed by atoms with Crippen LogP contribution in [0.3, 0.4) is 0 Å². The molecule has 0 aliphatic rings. The van der Waals surface area contributed by atoms with Crippen LogP contribution in [-0.2, 0) is 4.74 Å². The number of hydrogen-bond donors (Lipinski definition) is 1. The zero-order chi connectivity index (χ0) is 13.5. The number of carbonyl (C=O) groups excluding carboxylic acids is 1. The van der Waals surface area contributed by atoms with Crippen LogP contribution < -0.4 is 0 Å². The van der Waals surface area contributed by atoms with Crippen molar-refractivity contribution < 1.29 is 14.6 Å². The van der Waals surface area contributed by atoms with E-state index in [1.165, 1.54) is 16.2 Å². The van der Waals surface area contributed by atoms with Crippen LogP contribution in [0.15, 0.2) is 17.5 Å². The first-order valence-electron chi connectivity index (χ1n) is 6.10. The van der Waals surface area contributed by atoms with Crippen molar-refractivity contribution in [1.82, 2.24) is 4.90 Å². The van der Waals surface area contributed by atoms with Crippen molar-refractivity contribution in [2.75, 3.05) is 20.2 Å². The zero-order valence-electron chi connectivity index (χ0n) is 11.1. The highest BCUT2D eigenvalue weighted by Crippen LogP contribution is 2.21. The van der Waals surface area contributed by atoms with Crippen molar-refractivity contribution in [3.8, 4) is 0 Å². The van der Waals surface area contributed by atoms with Gasteiger partial charge >= 0.3 is 6.09 Å². The van der Waals surface area contributed by atoms with E-state index in [-0.39, 0.29) is 6.09 Å². The molecule has 1 atom stereocenters. The first-order chi connectivity index (χ1) is 8.50. The van der Waals surface area contributed by atoms with Crippen LogP contribution in [0, 0.1) is 5.92 Å². The summed E-state index contributed by atoms with van der Waals surface area (Å²) in [5.41, 5.74) is 0. The molecule has 0 bridgehead atoms. The van der Waals surface area contributed by atoms with Crippen LogP contribution in [-0.4, -0.2) is 36.3 Å². The molecule has 0 radical (unpaired) electrons. The van der Waals surface area contributed by atoms with Crippen molar-refractivity contribution in [1.29, 1.82) is 0 Å². The first kappa shape index (κ1) is 15.0. The lowest BCUT2D eigenvalue weighted by Gasteiger charge is -2.19. The van der Waals surface area contributed by atoms with Crippen LogP contribution in [0.4, 0.5) is 4.79 Å². The molecule has 18 heavy (non-hydrogen) atoms. The summed E-state index contributed by atoms with van der Waals surface area (Å²) in [4.78, 5) is 14.0. The maximum Gasteiger partial charge on any atom is 0.409 e. The standard InChI is InChI=1S/C13H21NO3S/c1-10(2)9-17-13(16)14(3)7-6-11(15)12-5-4-8-18-12/h4-5,8,10-11,15H,6-7,9H2,1-3H3/t11-/m0/s1. The fourth-order valence-corrected chi connectivity index (χ4v) is 2.12. The van der Waals surface area contributed by atoms with E-state index in [1.54, 1.807) is 7.05 Å². The van der Waals surface area contributed by atoms with Gasteiger partial charge in [0.25, 0.3) is 0 Å². The van der Waals surface area contributed by atoms with Gasteiger partial charge in [0.2, 0.25) is 0 Å². The van der Waals surface area contributed by atoms with Gasteiger partial charge in [-0.3, -0.25) is 0 Å². The van der Waals surface area contributed by atoms with E-state index in [4.69, 9.17) is 4.74 Å². The second-order valence-electron chi connectivity index (χ2n) is 4.71. The molecule has 0 aliphatic heterocycles. The molecule has 1 aromatic rings. The van der Waals surface area contributed by atoms with Crippen molar-refractivity contribution >= 4 is 17.4 Å². The van der Waals surface area contributed by atoms with Crippen molar-refractivity contribution in [2.24, 2.45) is 5.92 Å². The molecule has 1 heterocycles. The molecule has 0 aromatic carbocycles. The highest BCUT2D eigenvalue weighted by Gasteiger charge is 2.14. The molecule has 1 rings (SSSR count). The minimum Gasteiger partial charge on any atom is -0.449 e. The Morgan fingerprint density at radius 1 is 1.56 bits per heavy atom. The summed E-state index contributed by atoms with van der Waals surface area (Å²) >= 11 is 1.52. The van der Waals surface area contributed by atoms with Gasteiger partial charge in [0.1, 0.15) is 0 Å². The number of rotatable bonds is 6. The minimum absolute atomic E-state index is 0.331. The Labute approximate surface area is 112 Å². The Balaban J connectivity index is 2.28. The van der Waals surface area contributed by atoms with Crippen LogP contribution in [0.2, 0.25) is 0 Å². The zero-order valence-corrected chi connectivity index (χ0v) is 11.9. The Hall–Kier alpha value is -1.07. The van der Waals surface area contributed by atoms with Gasteiger partial charge in [-0.1, -0.05) is 19.9 Å². The smallest absolute Gasteiger partial charge is 0.409 e. The number of aliphatic hydroxyl groups is 1. The lowest BCUT2D eigenvalue weighted by molar-refractivity contribution is 0.0918. The predicted octanol–water partition coefficient (Wildman–Crippen LogP) is 2.90. The third-order valence-corrected chi connectivity index (χ3v) is 3.43. The highest BCUT2D eigenvalue weighted by molar-refractivity contribution is 7.10. The Morgan fingerprint density at radius 2 is 2.28 bits per heavy atom. The van der Waals surface area contributed by atoms with Crippen LogP contribution in [0.1, 0.15) is 31.2 Å². The lowest BCUT2D eigenvalue weighted by Crippen LogP contribution is -2.30. The molecule has 5 heteroatoms. The van der Waals surface area contributed by atoms with Gasteiger partial charge in [-0.2, -0.15) is 0 Å². The van der Waals surface area contributed by atoms with E-state index in [0.29, 0.717) is 25.5 Å². The summed E-state index contributed by atoms with van der Waals surface area (Å²) in [5, 5.41) is 11.8. The number of aliphatic hydroxyl groups excluding tert-OH is 1. The van der Waals surface area contributed by atoms with Crippen molar-refractivity contribution in [3.05, 3.63) is 22.4 Å². The maximum atomic E-state index is 11.6. The first-order valence-corrected chi connectivity index (χ1v) is 6.98. The molecule has 102 valence electrons. The van der Waals surface area contributed by atoms with E-state index in [9.17, 15) is 9.90 Å². The minimum atomic E-state index is -0.509. The van der Waals surface area contributed by atoms with Crippen molar-refractivity contribution in [2.45, 2.75) is 26.4 Å². The topological polar surface area (TPSA) is 49.8 Å².